The van der Waals surface area contributed by atoms with Crippen molar-refractivity contribution in [3.05, 3.63) is 72.6 Å². The van der Waals surface area contributed by atoms with Crippen molar-refractivity contribution in [2.45, 2.75) is 45.3 Å². The standard InChI is InChI=1S/C28H32N6O4/c1-6-28(2,3)30-27(36)26(19-10-9-15-29-17-19)34(20-13-14-23(37-4)24(16-20)38-5)25(35)18-33-22-12-8-7-11-21(22)31-32-33/h7-17,26H,6,18H2,1-5H3,(H,30,36). The number of rotatable bonds is 10. The zero-order valence-electron chi connectivity index (χ0n) is 22.2. The summed E-state index contributed by atoms with van der Waals surface area (Å²) in [4.78, 5) is 33.7. The molecule has 0 saturated heterocycles. The Balaban J connectivity index is 1.85. The number of aromatic nitrogens is 4. The third-order valence-electron chi connectivity index (χ3n) is 6.47. The van der Waals surface area contributed by atoms with Gasteiger partial charge in [-0.1, -0.05) is 30.3 Å². The van der Waals surface area contributed by atoms with Gasteiger partial charge in [0.25, 0.3) is 0 Å². The van der Waals surface area contributed by atoms with Gasteiger partial charge in [0.05, 0.1) is 19.7 Å². The van der Waals surface area contributed by atoms with Gasteiger partial charge in [-0.2, -0.15) is 0 Å². The van der Waals surface area contributed by atoms with Crippen LogP contribution in [0.5, 0.6) is 11.5 Å². The summed E-state index contributed by atoms with van der Waals surface area (Å²) >= 11 is 0. The normalized spacial score (nSPS) is 12.1. The Labute approximate surface area is 221 Å². The van der Waals surface area contributed by atoms with Crippen molar-refractivity contribution < 1.29 is 19.1 Å². The smallest absolute Gasteiger partial charge is 0.249 e. The van der Waals surface area contributed by atoms with Crippen molar-refractivity contribution in [3.63, 3.8) is 0 Å². The highest BCUT2D eigenvalue weighted by molar-refractivity contribution is 6.02. The maximum atomic E-state index is 14.1. The van der Waals surface area contributed by atoms with Crippen LogP contribution in [0, 0.1) is 0 Å². The molecular weight excluding hydrogens is 484 g/mol. The molecule has 38 heavy (non-hydrogen) atoms. The lowest BCUT2D eigenvalue weighted by Crippen LogP contribution is -2.51. The molecule has 2 aromatic carbocycles. The number of hydrogen-bond donors (Lipinski definition) is 1. The first-order valence-corrected chi connectivity index (χ1v) is 12.3. The summed E-state index contributed by atoms with van der Waals surface area (Å²) in [6.07, 6.45) is 3.92. The third kappa shape index (κ3) is 5.59. The molecule has 2 amide bonds. The molecule has 0 fully saturated rings. The van der Waals surface area contributed by atoms with Crippen molar-refractivity contribution >= 4 is 28.5 Å². The average Bonchev–Trinajstić information content (AvgIpc) is 3.33. The predicted molar refractivity (Wildman–Crippen MR) is 144 cm³/mol. The van der Waals surface area contributed by atoms with Gasteiger partial charge in [0.15, 0.2) is 11.5 Å². The highest BCUT2D eigenvalue weighted by atomic mass is 16.5. The van der Waals surface area contributed by atoms with Crippen LogP contribution in [0.4, 0.5) is 5.69 Å². The fourth-order valence-electron chi connectivity index (χ4n) is 4.10. The number of ether oxygens (including phenoxy) is 2. The van der Waals surface area contributed by atoms with E-state index in [0.717, 1.165) is 0 Å². The number of pyridine rings is 1. The molecule has 4 aromatic rings. The van der Waals surface area contributed by atoms with Crippen LogP contribution >= 0.6 is 0 Å². The Kier molecular flexibility index (Phi) is 7.90. The minimum absolute atomic E-state index is 0.143. The minimum atomic E-state index is -1.02. The Morgan fingerprint density at radius 2 is 1.82 bits per heavy atom. The Bertz CT molecular complexity index is 1420. The lowest BCUT2D eigenvalue weighted by atomic mass is 9.99. The lowest BCUT2D eigenvalue weighted by Gasteiger charge is -2.34. The second-order valence-corrected chi connectivity index (χ2v) is 9.45. The molecule has 1 N–H and O–H groups in total. The number of fused-ring (bicyclic) bond motifs is 1. The van der Waals surface area contributed by atoms with E-state index in [1.807, 2.05) is 45.0 Å². The number of anilines is 1. The van der Waals surface area contributed by atoms with Crippen LogP contribution in [0.15, 0.2) is 67.0 Å². The highest BCUT2D eigenvalue weighted by Crippen LogP contribution is 2.36. The monoisotopic (exact) mass is 516 g/mol. The van der Waals surface area contributed by atoms with Crippen LogP contribution in [0.25, 0.3) is 11.0 Å². The quantitative estimate of drug-likeness (QED) is 0.340. The molecular formula is C28H32N6O4. The minimum Gasteiger partial charge on any atom is -0.493 e. The zero-order valence-corrected chi connectivity index (χ0v) is 22.2. The fourth-order valence-corrected chi connectivity index (χ4v) is 4.10. The fraction of sp³-hybridized carbons (Fsp3) is 0.321. The molecule has 2 heterocycles. The molecule has 198 valence electrons. The molecule has 1 atom stereocenters. The van der Waals surface area contributed by atoms with Crippen LogP contribution in [0.3, 0.4) is 0 Å². The second-order valence-electron chi connectivity index (χ2n) is 9.45. The molecule has 0 spiro atoms. The van der Waals surface area contributed by atoms with E-state index in [-0.39, 0.29) is 18.4 Å². The van der Waals surface area contributed by atoms with E-state index in [2.05, 4.69) is 20.6 Å². The molecule has 4 rings (SSSR count). The summed E-state index contributed by atoms with van der Waals surface area (Å²) in [5.74, 6) is 0.219. The summed E-state index contributed by atoms with van der Waals surface area (Å²) in [5, 5.41) is 11.4. The molecule has 10 heteroatoms. The summed E-state index contributed by atoms with van der Waals surface area (Å²) in [6, 6.07) is 15.0. The van der Waals surface area contributed by atoms with Crippen LogP contribution in [0.2, 0.25) is 0 Å². The number of methoxy groups -OCH3 is 2. The van der Waals surface area contributed by atoms with Crippen LogP contribution < -0.4 is 19.7 Å². The summed E-state index contributed by atoms with van der Waals surface area (Å²) in [7, 11) is 3.05. The second kappa shape index (κ2) is 11.3. The van der Waals surface area contributed by atoms with Gasteiger partial charge >= 0.3 is 0 Å². The van der Waals surface area contributed by atoms with Crippen LogP contribution in [-0.4, -0.2) is 51.6 Å². The number of nitrogens with zero attached hydrogens (tertiary/aromatic N) is 5. The van der Waals surface area contributed by atoms with Gasteiger partial charge in [0.2, 0.25) is 11.8 Å². The molecule has 0 bridgehead atoms. The van der Waals surface area contributed by atoms with Crippen LogP contribution in [0.1, 0.15) is 38.8 Å². The number of carbonyl (C=O) groups excluding carboxylic acids is 2. The summed E-state index contributed by atoms with van der Waals surface area (Å²) in [5.41, 5.74) is 1.90. The Hall–Kier alpha value is -4.47. The average molecular weight is 517 g/mol. The van der Waals surface area contributed by atoms with Crippen molar-refractivity contribution in [1.29, 1.82) is 0 Å². The Morgan fingerprint density at radius 1 is 1.05 bits per heavy atom. The van der Waals surface area contributed by atoms with Gasteiger partial charge in [0, 0.05) is 35.2 Å². The van der Waals surface area contributed by atoms with Gasteiger partial charge in [0.1, 0.15) is 18.1 Å². The molecule has 2 aromatic heterocycles. The van der Waals surface area contributed by atoms with Gasteiger partial charge < -0.3 is 14.8 Å². The summed E-state index contributed by atoms with van der Waals surface area (Å²) in [6.45, 7) is 5.73. The van der Waals surface area contributed by atoms with E-state index < -0.39 is 11.6 Å². The first kappa shape index (κ1) is 26.6. The SMILES string of the molecule is CCC(C)(C)NC(=O)C(c1cccnc1)N(C(=O)Cn1nnc2ccccc21)c1ccc(OC)c(OC)c1. The molecule has 10 nitrogen and oxygen atoms in total. The Morgan fingerprint density at radius 3 is 2.50 bits per heavy atom. The maximum Gasteiger partial charge on any atom is 0.249 e. The molecule has 0 aliphatic heterocycles. The van der Waals surface area contributed by atoms with Crippen molar-refractivity contribution in [3.8, 4) is 11.5 Å². The maximum absolute atomic E-state index is 14.1. The molecule has 0 radical (unpaired) electrons. The topological polar surface area (TPSA) is 111 Å². The zero-order chi connectivity index (χ0) is 27.3. The third-order valence-corrected chi connectivity index (χ3v) is 6.47. The molecule has 0 saturated carbocycles. The lowest BCUT2D eigenvalue weighted by molar-refractivity contribution is -0.128. The summed E-state index contributed by atoms with van der Waals surface area (Å²) < 4.78 is 12.4. The number of hydrogen-bond acceptors (Lipinski definition) is 7. The van der Waals surface area contributed by atoms with Crippen molar-refractivity contribution in [2.75, 3.05) is 19.1 Å². The van der Waals surface area contributed by atoms with E-state index in [9.17, 15) is 9.59 Å². The predicted octanol–water partition coefficient (Wildman–Crippen LogP) is 3.92. The largest absolute Gasteiger partial charge is 0.493 e. The van der Waals surface area contributed by atoms with E-state index in [1.54, 1.807) is 42.7 Å². The van der Waals surface area contributed by atoms with E-state index in [0.29, 0.717) is 40.2 Å². The van der Waals surface area contributed by atoms with Gasteiger partial charge in [-0.05, 0) is 50.6 Å². The van der Waals surface area contributed by atoms with Gasteiger partial charge in [-0.3, -0.25) is 19.5 Å². The van der Waals surface area contributed by atoms with E-state index in [4.69, 9.17) is 9.47 Å². The number of benzene rings is 2. The van der Waals surface area contributed by atoms with E-state index in [1.165, 1.54) is 23.8 Å². The number of amides is 2. The molecule has 1 unspecified atom stereocenters. The van der Waals surface area contributed by atoms with Gasteiger partial charge in [-0.25, -0.2) is 4.68 Å². The highest BCUT2D eigenvalue weighted by Gasteiger charge is 2.36. The number of nitrogens with one attached hydrogen (secondary N) is 1. The number of para-hydroxylation sites is 1. The first-order chi connectivity index (χ1) is 18.3. The molecule has 0 aliphatic rings. The van der Waals surface area contributed by atoms with E-state index >= 15 is 0 Å². The van der Waals surface area contributed by atoms with Gasteiger partial charge in [-0.15, -0.1) is 5.10 Å². The molecule has 0 aliphatic carbocycles. The first-order valence-electron chi connectivity index (χ1n) is 12.3. The van der Waals surface area contributed by atoms with Crippen molar-refractivity contribution in [2.24, 2.45) is 0 Å². The van der Waals surface area contributed by atoms with Crippen molar-refractivity contribution in [1.82, 2.24) is 25.3 Å². The number of carbonyl (C=O) groups is 2. The van der Waals surface area contributed by atoms with Crippen LogP contribution in [-0.2, 0) is 16.1 Å².